The van der Waals surface area contributed by atoms with Crippen LogP contribution in [0.25, 0.3) is 0 Å². The summed E-state index contributed by atoms with van der Waals surface area (Å²) in [5.74, 6) is -0.530. The van der Waals surface area contributed by atoms with Crippen LogP contribution in [0, 0.1) is 6.92 Å². The van der Waals surface area contributed by atoms with Crippen molar-refractivity contribution in [3.8, 4) is 0 Å². The third kappa shape index (κ3) is 4.98. The molecular weight excluding hydrogens is 334 g/mol. The van der Waals surface area contributed by atoms with Crippen molar-refractivity contribution in [2.75, 3.05) is 6.54 Å². The highest BCUT2D eigenvalue weighted by Gasteiger charge is 2.14. The summed E-state index contributed by atoms with van der Waals surface area (Å²) in [5.41, 5.74) is 3.01. The van der Waals surface area contributed by atoms with Crippen LogP contribution in [-0.2, 0) is 14.8 Å². The van der Waals surface area contributed by atoms with Gasteiger partial charge in [-0.3, -0.25) is 4.79 Å². The smallest absolute Gasteiger partial charge is 0.255 e. The minimum Gasteiger partial charge on any atom is -0.272 e. The zero-order chi connectivity index (χ0) is 16.9. The number of amides is 1. The van der Waals surface area contributed by atoms with Crippen LogP contribution < -0.4 is 10.1 Å². The van der Waals surface area contributed by atoms with E-state index in [1.54, 1.807) is 36.5 Å². The molecule has 0 radical (unpaired) electrons. The van der Waals surface area contributed by atoms with Crippen molar-refractivity contribution in [3.63, 3.8) is 0 Å². The maximum atomic E-state index is 12.0. The summed E-state index contributed by atoms with van der Waals surface area (Å²) in [6, 6.07) is 11.8. The van der Waals surface area contributed by atoms with Crippen molar-refractivity contribution in [2.24, 2.45) is 5.10 Å². The molecule has 0 saturated heterocycles. The highest BCUT2D eigenvalue weighted by atomic mass is 32.2. The van der Waals surface area contributed by atoms with Gasteiger partial charge in [-0.2, -0.15) is 5.10 Å². The van der Waals surface area contributed by atoms with Crippen molar-refractivity contribution in [3.05, 3.63) is 52.2 Å². The lowest BCUT2D eigenvalue weighted by Crippen LogP contribution is -2.35. The number of carbonyl (C=O) groups excluding carboxylic acids is 1. The molecule has 1 aromatic heterocycles. The largest absolute Gasteiger partial charge is 0.272 e. The first-order chi connectivity index (χ1) is 10.9. The van der Waals surface area contributed by atoms with E-state index in [9.17, 15) is 13.2 Å². The summed E-state index contributed by atoms with van der Waals surface area (Å²) < 4.78 is 26.2. The molecule has 0 spiro atoms. The molecule has 1 heterocycles. The van der Waals surface area contributed by atoms with Gasteiger partial charge < -0.3 is 0 Å². The molecule has 0 aliphatic carbocycles. The summed E-state index contributed by atoms with van der Waals surface area (Å²) in [7, 11) is -3.70. The number of hydrazone groups is 1. The molecule has 0 fully saturated rings. The van der Waals surface area contributed by atoms with Gasteiger partial charge in [-0.1, -0.05) is 18.2 Å². The van der Waals surface area contributed by atoms with E-state index in [1.165, 1.54) is 12.1 Å². The van der Waals surface area contributed by atoms with Crippen molar-refractivity contribution in [1.82, 2.24) is 10.1 Å². The minimum atomic E-state index is -3.70. The van der Waals surface area contributed by atoms with Crippen LogP contribution in [0.4, 0.5) is 0 Å². The van der Waals surface area contributed by atoms with Crippen LogP contribution in [0.15, 0.2) is 52.5 Å². The van der Waals surface area contributed by atoms with Gasteiger partial charge in [0.2, 0.25) is 10.0 Å². The molecule has 1 amide bonds. The minimum absolute atomic E-state index is 0.113. The molecule has 0 unspecified atom stereocenters. The number of benzene rings is 1. The van der Waals surface area contributed by atoms with Crippen molar-refractivity contribution in [2.45, 2.75) is 18.7 Å². The molecule has 6 nitrogen and oxygen atoms in total. The predicted octanol–water partition coefficient (Wildman–Crippen LogP) is 1.88. The van der Waals surface area contributed by atoms with E-state index in [0.29, 0.717) is 5.71 Å². The molecular formula is C15H17N3O3S2. The van der Waals surface area contributed by atoms with Crippen molar-refractivity contribution < 1.29 is 13.2 Å². The number of nitrogens with one attached hydrogen (secondary N) is 2. The van der Waals surface area contributed by atoms with Gasteiger partial charge in [0.25, 0.3) is 5.91 Å². The van der Waals surface area contributed by atoms with E-state index in [1.807, 2.05) is 19.1 Å². The Balaban J connectivity index is 1.90. The molecule has 2 aromatic rings. The highest BCUT2D eigenvalue weighted by Crippen LogP contribution is 2.15. The molecule has 0 bridgehead atoms. The standard InChI is InChI=1S/C15H17N3O3S2/c1-11-8-9-14(22-11)12(2)17-18-15(19)10-16-23(20,21)13-6-4-3-5-7-13/h3-9,16H,10H2,1-2H3,(H,18,19)/b17-12-. The topological polar surface area (TPSA) is 87.6 Å². The molecule has 122 valence electrons. The Morgan fingerprint density at radius 2 is 1.87 bits per heavy atom. The molecule has 0 atom stereocenters. The Bertz CT molecular complexity index is 812. The lowest BCUT2D eigenvalue weighted by molar-refractivity contribution is -0.119. The second-order valence-corrected chi connectivity index (χ2v) is 7.83. The SMILES string of the molecule is C/C(=N/NC(=O)CNS(=O)(=O)c1ccccc1)c1ccc(C)s1. The number of rotatable bonds is 6. The van der Waals surface area contributed by atoms with Gasteiger partial charge >= 0.3 is 0 Å². The van der Waals surface area contributed by atoms with Crippen LogP contribution in [0.1, 0.15) is 16.7 Å². The second kappa shape index (κ2) is 7.49. The number of aryl methyl sites for hydroxylation is 1. The Morgan fingerprint density at radius 1 is 1.17 bits per heavy atom. The fourth-order valence-corrected chi connectivity index (χ4v) is 3.53. The van der Waals surface area contributed by atoms with E-state index in [0.717, 1.165) is 9.75 Å². The highest BCUT2D eigenvalue weighted by molar-refractivity contribution is 7.89. The van der Waals surface area contributed by atoms with Gasteiger partial charge in [-0.15, -0.1) is 11.3 Å². The molecule has 2 N–H and O–H groups in total. The molecule has 23 heavy (non-hydrogen) atoms. The Hall–Kier alpha value is -2.03. The Kier molecular flexibility index (Phi) is 5.64. The molecule has 8 heteroatoms. The summed E-state index contributed by atoms with van der Waals surface area (Å²) in [6.45, 7) is 3.38. The Morgan fingerprint density at radius 3 is 2.48 bits per heavy atom. The Labute approximate surface area is 139 Å². The first-order valence-corrected chi connectivity index (χ1v) is 9.13. The van der Waals surface area contributed by atoms with Gasteiger partial charge in [0, 0.05) is 4.88 Å². The zero-order valence-electron chi connectivity index (χ0n) is 12.7. The molecule has 0 aliphatic rings. The number of nitrogens with zero attached hydrogens (tertiary/aromatic N) is 1. The number of hydrogen-bond acceptors (Lipinski definition) is 5. The average Bonchev–Trinajstić information content (AvgIpc) is 2.98. The first kappa shape index (κ1) is 17.3. The quantitative estimate of drug-likeness (QED) is 0.615. The molecule has 0 saturated carbocycles. The fourth-order valence-electron chi connectivity index (χ4n) is 1.71. The normalized spacial score (nSPS) is 12.2. The van der Waals surface area contributed by atoms with Crippen LogP contribution in [0.5, 0.6) is 0 Å². The molecule has 2 rings (SSSR count). The lowest BCUT2D eigenvalue weighted by Gasteiger charge is -2.06. The van der Waals surface area contributed by atoms with E-state index in [-0.39, 0.29) is 11.4 Å². The molecule has 0 aliphatic heterocycles. The number of carbonyl (C=O) groups is 1. The van der Waals surface area contributed by atoms with Crippen LogP contribution >= 0.6 is 11.3 Å². The van der Waals surface area contributed by atoms with Gasteiger partial charge in [0.05, 0.1) is 22.0 Å². The first-order valence-electron chi connectivity index (χ1n) is 6.83. The molecule has 1 aromatic carbocycles. The van der Waals surface area contributed by atoms with Crippen LogP contribution in [0.3, 0.4) is 0 Å². The summed E-state index contributed by atoms with van der Waals surface area (Å²) in [6.07, 6.45) is 0. The van der Waals surface area contributed by atoms with E-state index >= 15 is 0 Å². The average molecular weight is 351 g/mol. The van der Waals surface area contributed by atoms with Gasteiger partial charge in [-0.25, -0.2) is 18.6 Å². The van der Waals surface area contributed by atoms with Gasteiger partial charge in [0.1, 0.15) is 0 Å². The van der Waals surface area contributed by atoms with Crippen molar-refractivity contribution in [1.29, 1.82) is 0 Å². The number of sulfonamides is 1. The van der Waals surface area contributed by atoms with Crippen LogP contribution in [-0.4, -0.2) is 26.6 Å². The van der Waals surface area contributed by atoms with E-state index in [2.05, 4.69) is 15.2 Å². The lowest BCUT2D eigenvalue weighted by atomic mass is 10.3. The van der Waals surface area contributed by atoms with Crippen LogP contribution in [0.2, 0.25) is 0 Å². The monoisotopic (exact) mass is 351 g/mol. The zero-order valence-corrected chi connectivity index (χ0v) is 14.4. The maximum Gasteiger partial charge on any atom is 0.255 e. The third-order valence-electron chi connectivity index (χ3n) is 2.92. The second-order valence-electron chi connectivity index (χ2n) is 4.78. The fraction of sp³-hybridized carbons (Fsp3) is 0.200. The number of hydrogen-bond donors (Lipinski definition) is 2. The predicted molar refractivity (Wildman–Crippen MR) is 91.0 cm³/mol. The summed E-state index contributed by atoms with van der Waals surface area (Å²) >= 11 is 1.57. The summed E-state index contributed by atoms with van der Waals surface area (Å²) in [4.78, 5) is 13.9. The maximum absolute atomic E-state index is 12.0. The van der Waals surface area contributed by atoms with E-state index in [4.69, 9.17) is 0 Å². The summed E-state index contributed by atoms with van der Waals surface area (Å²) in [5, 5.41) is 3.97. The van der Waals surface area contributed by atoms with Crippen molar-refractivity contribution >= 4 is 33.0 Å². The third-order valence-corrected chi connectivity index (χ3v) is 5.45. The van der Waals surface area contributed by atoms with Gasteiger partial charge in [-0.05, 0) is 38.1 Å². The van der Waals surface area contributed by atoms with Gasteiger partial charge in [0.15, 0.2) is 0 Å². The van der Waals surface area contributed by atoms with E-state index < -0.39 is 15.9 Å². The number of thiophene rings is 1.